The van der Waals surface area contributed by atoms with E-state index in [1.807, 2.05) is 60.9 Å². The summed E-state index contributed by atoms with van der Waals surface area (Å²) in [6.45, 7) is 7.23. The average Bonchev–Trinajstić information content (AvgIpc) is 3.53. The topological polar surface area (TPSA) is 140 Å². The summed E-state index contributed by atoms with van der Waals surface area (Å²) in [5, 5.41) is 3.59. The minimum Gasteiger partial charge on any atom is -0.323 e. The molecule has 0 saturated heterocycles. The summed E-state index contributed by atoms with van der Waals surface area (Å²) in [6.07, 6.45) is 0.635. The molecule has 0 saturated carbocycles. The smallest absolute Gasteiger partial charge is 0.323 e. The first kappa shape index (κ1) is 28.3. The zero-order chi connectivity index (χ0) is 29.5. The van der Waals surface area contributed by atoms with Crippen molar-refractivity contribution in [2.24, 2.45) is 0 Å². The Morgan fingerprint density at radius 2 is 1.85 bits per heavy atom. The van der Waals surface area contributed by atoms with Crippen LogP contribution in [0, 0.1) is 6.92 Å². The van der Waals surface area contributed by atoms with Gasteiger partial charge in [-0.2, -0.15) is 0 Å². The fraction of sp³-hybridized carbons (Fsp3) is 0.241. The van der Waals surface area contributed by atoms with Crippen molar-refractivity contribution in [3.05, 3.63) is 92.7 Å². The van der Waals surface area contributed by atoms with Crippen molar-refractivity contribution in [2.75, 3.05) is 0 Å². The molecule has 2 heterocycles. The first-order valence-electron chi connectivity index (χ1n) is 13.0. The molecule has 12 heteroatoms. The normalized spacial score (nSPS) is 11.9. The number of aryl methyl sites for hydroxylation is 2. The van der Waals surface area contributed by atoms with Gasteiger partial charge in [0, 0.05) is 22.6 Å². The van der Waals surface area contributed by atoms with Crippen molar-refractivity contribution in [1.82, 2.24) is 24.4 Å². The third kappa shape index (κ3) is 5.55. The minimum absolute atomic E-state index is 0.229. The average molecular weight is 594 g/mol. The molecule has 10 nitrogen and oxygen atoms in total. The number of hydrogen-bond acceptors (Lipinski definition) is 7. The largest absolute Gasteiger partial charge is 0.439 e. The lowest BCUT2D eigenvalue weighted by atomic mass is 9.98. The maximum Gasteiger partial charge on any atom is 0.439 e. The van der Waals surface area contributed by atoms with Crippen LogP contribution in [-0.4, -0.2) is 39.3 Å². The molecule has 0 bridgehead atoms. The Bertz CT molecular complexity index is 1960. The Morgan fingerprint density at radius 1 is 1.12 bits per heavy atom. The van der Waals surface area contributed by atoms with Gasteiger partial charge in [-0.1, -0.05) is 60.1 Å². The van der Waals surface area contributed by atoms with Crippen molar-refractivity contribution in [3.8, 4) is 22.5 Å². The number of sulfonamides is 1. The quantitative estimate of drug-likeness (QED) is 0.255. The Kier molecular flexibility index (Phi) is 7.58. The minimum atomic E-state index is -3.79. The summed E-state index contributed by atoms with van der Waals surface area (Å²) in [7, 11) is -3.79. The van der Waals surface area contributed by atoms with Crippen molar-refractivity contribution in [2.45, 2.75) is 45.9 Å². The van der Waals surface area contributed by atoms with Crippen LogP contribution in [0.1, 0.15) is 48.1 Å². The molecule has 0 atom stereocenters. The fourth-order valence-electron chi connectivity index (χ4n) is 4.62. The van der Waals surface area contributed by atoms with Crippen molar-refractivity contribution in [3.63, 3.8) is 0 Å². The molecular weight excluding hydrogens is 566 g/mol. The number of imidazole rings is 1. The molecule has 2 aromatic heterocycles. The Balaban J connectivity index is 1.53. The Hall–Kier alpha value is -4.22. The van der Waals surface area contributed by atoms with E-state index in [0.717, 1.165) is 33.6 Å². The summed E-state index contributed by atoms with van der Waals surface area (Å²) >= 11 is 6.80. The van der Waals surface area contributed by atoms with Crippen LogP contribution in [0.5, 0.6) is 0 Å². The van der Waals surface area contributed by atoms with E-state index in [0.29, 0.717) is 34.9 Å². The molecular formula is C29H28ClN5O5S. The zero-order valence-electron chi connectivity index (χ0n) is 22.9. The summed E-state index contributed by atoms with van der Waals surface area (Å²) in [5.74, 6) is -0.209. The number of carbonyl (C=O) groups excluding carboxylic acids is 1. The third-order valence-electron chi connectivity index (χ3n) is 6.87. The van der Waals surface area contributed by atoms with Crippen LogP contribution in [0.4, 0.5) is 0 Å². The highest BCUT2D eigenvalue weighted by molar-refractivity contribution is 7.90. The van der Waals surface area contributed by atoms with Crippen LogP contribution in [0.3, 0.4) is 0 Å². The maximum atomic E-state index is 12.9. The van der Waals surface area contributed by atoms with Gasteiger partial charge in [-0.15, -0.1) is 0 Å². The van der Waals surface area contributed by atoms with Crippen LogP contribution >= 0.6 is 11.6 Å². The van der Waals surface area contributed by atoms with Gasteiger partial charge in [0.25, 0.3) is 5.91 Å². The predicted molar refractivity (Wildman–Crippen MR) is 157 cm³/mol. The van der Waals surface area contributed by atoms with Crippen LogP contribution < -0.4 is 10.5 Å². The number of fused-ring (bicyclic) bond motifs is 1. The molecule has 41 heavy (non-hydrogen) atoms. The molecule has 2 N–H and O–H groups in total. The summed E-state index contributed by atoms with van der Waals surface area (Å²) < 4.78 is 33.4. The second kappa shape index (κ2) is 11.0. The molecule has 0 fully saturated rings. The van der Waals surface area contributed by atoms with E-state index in [2.05, 4.69) is 19.4 Å². The number of carbonyl (C=O) groups is 1. The number of hydrogen-bond donors (Lipinski definition) is 2. The number of nitrogens with one attached hydrogen (secondary N) is 2. The fourth-order valence-corrected chi connectivity index (χ4v) is 5.48. The lowest BCUT2D eigenvalue weighted by Gasteiger charge is -2.14. The molecule has 0 spiro atoms. The SMILES string of the molecule is CCc1nc2c(C)cc(C(=O)NS(=O)(=O)C(C)C)cc2n1Cc1ccc(-c2ccccc2-c2noc(=O)[nH]2)cc1Cl. The lowest BCUT2D eigenvalue weighted by Crippen LogP contribution is -2.35. The zero-order valence-corrected chi connectivity index (χ0v) is 24.4. The highest BCUT2D eigenvalue weighted by atomic mass is 35.5. The number of aromatic nitrogens is 4. The number of benzene rings is 3. The summed E-state index contributed by atoms with van der Waals surface area (Å²) in [4.78, 5) is 31.8. The predicted octanol–water partition coefficient (Wildman–Crippen LogP) is 5.09. The second-order valence-electron chi connectivity index (χ2n) is 9.95. The van der Waals surface area contributed by atoms with E-state index in [-0.39, 0.29) is 5.56 Å². The van der Waals surface area contributed by atoms with E-state index in [1.165, 1.54) is 13.8 Å². The van der Waals surface area contributed by atoms with Gasteiger partial charge in [0.05, 0.1) is 22.8 Å². The molecule has 5 rings (SSSR count). The molecule has 0 unspecified atom stereocenters. The monoisotopic (exact) mass is 593 g/mol. The first-order chi connectivity index (χ1) is 19.5. The lowest BCUT2D eigenvalue weighted by molar-refractivity contribution is 0.0981. The van der Waals surface area contributed by atoms with Gasteiger partial charge in [0.1, 0.15) is 5.82 Å². The number of H-pyrrole nitrogens is 1. The van der Waals surface area contributed by atoms with Crippen LogP contribution in [0.15, 0.2) is 63.9 Å². The van der Waals surface area contributed by atoms with Gasteiger partial charge in [-0.25, -0.2) is 22.9 Å². The molecule has 212 valence electrons. The standard InChI is InChI=1S/C29H28ClN5O5S/c1-5-25-31-26-17(4)12-20(28(36)34-41(38,39)16(2)3)14-24(26)35(25)15-19-11-10-18(13-23(19)30)21-8-6-7-9-22(21)27-32-29(37)40-33-27/h6-14,16H,5,15H2,1-4H3,(H,34,36)(H,32,33,37). The van der Waals surface area contributed by atoms with E-state index >= 15 is 0 Å². The van der Waals surface area contributed by atoms with Crippen molar-refractivity contribution < 1.29 is 17.7 Å². The first-order valence-corrected chi connectivity index (χ1v) is 14.9. The van der Waals surface area contributed by atoms with E-state index < -0.39 is 26.9 Å². The second-order valence-corrected chi connectivity index (χ2v) is 12.6. The van der Waals surface area contributed by atoms with E-state index in [4.69, 9.17) is 16.6 Å². The van der Waals surface area contributed by atoms with Gasteiger partial charge in [-0.3, -0.25) is 14.3 Å². The van der Waals surface area contributed by atoms with Gasteiger partial charge >= 0.3 is 5.76 Å². The maximum absolute atomic E-state index is 12.9. The van der Waals surface area contributed by atoms with Crippen molar-refractivity contribution >= 4 is 38.6 Å². The molecule has 0 radical (unpaired) electrons. The van der Waals surface area contributed by atoms with Crippen LogP contribution in [-0.2, 0) is 23.0 Å². The van der Waals surface area contributed by atoms with E-state index in [9.17, 15) is 18.0 Å². The number of halogens is 1. The molecule has 0 aliphatic heterocycles. The molecule has 1 amide bonds. The third-order valence-corrected chi connectivity index (χ3v) is 8.94. The highest BCUT2D eigenvalue weighted by Crippen LogP contribution is 2.33. The van der Waals surface area contributed by atoms with Gasteiger partial charge < -0.3 is 4.57 Å². The molecule has 5 aromatic rings. The summed E-state index contributed by atoms with van der Waals surface area (Å²) in [5.41, 5.74) is 5.58. The van der Waals surface area contributed by atoms with Crippen LogP contribution in [0.2, 0.25) is 5.02 Å². The van der Waals surface area contributed by atoms with E-state index in [1.54, 1.807) is 12.1 Å². The number of rotatable bonds is 8. The molecule has 0 aliphatic rings. The van der Waals surface area contributed by atoms with Gasteiger partial charge in [-0.05, 0) is 61.2 Å². The Labute approximate surface area is 241 Å². The number of amides is 1. The highest BCUT2D eigenvalue weighted by Gasteiger charge is 2.22. The van der Waals surface area contributed by atoms with Crippen LogP contribution in [0.25, 0.3) is 33.5 Å². The summed E-state index contributed by atoms with van der Waals surface area (Å²) in [6, 6.07) is 16.5. The number of nitrogens with zero attached hydrogens (tertiary/aromatic N) is 3. The van der Waals surface area contributed by atoms with Gasteiger partial charge in [0.2, 0.25) is 10.0 Å². The molecule has 3 aromatic carbocycles. The van der Waals surface area contributed by atoms with Crippen molar-refractivity contribution in [1.29, 1.82) is 0 Å². The number of aromatic amines is 1. The molecule has 0 aliphatic carbocycles. The Morgan fingerprint density at radius 3 is 2.49 bits per heavy atom. The van der Waals surface area contributed by atoms with Gasteiger partial charge in [0.15, 0.2) is 5.82 Å².